The summed E-state index contributed by atoms with van der Waals surface area (Å²) >= 11 is -2.66. The van der Waals surface area contributed by atoms with Crippen molar-refractivity contribution in [1.29, 1.82) is 0 Å². The number of carbonyl (C=O) groups is 2. The van der Waals surface area contributed by atoms with Crippen molar-refractivity contribution in [1.82, 2.24) is 0 Å². The first kappa shape index (κ1) is 15.3. The Kier molecular flexibility index (Phi) is 5.84. The van der Waals surface area contributed by atoms with Crippen LogP contribution in [0.15, 0.2) is 23.1 Å². The van der Waals surface area contributed by atoms with E-state index >= 15 is 0 Å². The minimum atomic E-state index is -2.66. The van der Waals surface area contributed by atoms with Crippen molar-refractivity contribution >= 4 is 23.0 Å². The second kappa shape index (κ2) is 6.12. The van der Waals surface area contributed by atoms with Crippen LogP contribution in [0.3, 0.4) is 0 Å². The molecule has 1 aromatic rings. The van der Waals surface area contributed by atoms with E-state index in [0.29, 0.717) is 0 Å². The van der Waals surface area contributed by atoms with Crippen molar-refractivity contribution in [2.75, 3.05) is 0 Å². The molecule has 6 nitrogen and oxygen atoms in total. The molecule has 0 spiro atoms. The van der Waals surface area contributed by atoms with Crippen LogP contribution in [0.2, 0.25) is 0 Å². The molecule has 1 aromatic carbocycles. The summed E-state index contributed by atoms with van der Waals surface area (Å²) in [6, 6.07) is 2.66. The minimum Gasteiger partial charge on any atom is -1.00 e. The first-order chi connectivity index (χ1) is 6.91. The van der Waals surface area contributed by atoms with Gasteiger partial charge in [0, 0.05) is 4.90 Å². The van der Waals surface area contributed by atoms with Gasteiger partial charge < -0.3 is 16.2 Å². The molecule has 1 unspecified atom stereocenters. The van der Waals surface area contributed by atoms with E-state index in [1.165, 1.54) is 0 Å². The summed E-state index contributed by atoms with van der Waals surface area (Å²) in [7, 11) is 0. The topological polar surface area (TPSA) is 115 Å². The average Bonchev–Trinajstić information content (AvgIpc) is 2.16. The van der Waals surface area contributed by atoms with Crippen LogP contribution >= 0.6 is 0 Å². The molecule has 1 rings (SSSR count). The molecule has 0 fully saturated rings. The fraction of sp³-hybridized carbons (Fsp3) is 0. The van der Waals surface area contributed by atoms with Gasteiger partial charge in [0.05, 0.1) is 11.1 Å². The van der Waals surface area contributed by atoms with Crippen LogP contribution in [0.1, 0.15) is 22.1 Å². The first-order valence-corrected chi connectivity index (χ1v) is 4.70. The Morgan fingerprint density at radius 2 is 1.50 bits per heavy atom. The van der Waals surface area contributed by atoms with Crippen LogP contribution in [0.5, 0.6) is 0 Å². The van der Waals surface area contributed by atoms with E-state index in [1.54, 1.807) is 0 Å². The van der Waals surface area contributed by atoms with Gasteiger partial charge in [0.2, 0.25) is 0 Å². The van der Waals surface area contributed by atoms with E-state index in [9.17, 15) is 18.4 Å². The van der Waals surface area contributed by atoms with Gasteiger partial charge in [0.15, 0.2) is 0 Å². The Balaban J connectivity index is 0. The number of hydrogen-bond donors (Lipinski definition) is 2. The summed E-state index contributed by atoms with van der Waals surface area (Å²) in [6.07, 6.45) is 0. The molecule has 0 aromatic heterocycles. The monoisotopic (exact) mass is 253 g/mol. The van der Waals surface area contributed by atoms with Crippen LogP contribution in [0.4, 0.5) is 0 Å². The second-order valence-corrected chi connectivity index (χ2v) is 3.53. The van der Waals surface area contributed by atoms with Crippen molar-refractivity contribution in [3.63, 3.8) is 0 Å². The number of carboxylic acids is 2. The van der Waals surface area contributed by atoms with Gasteiger partial charge in [-0.2, -0.15) is 0 Å². The van der Waals surface area contributed by atoms with Crippen molar-refractivity contribution in [3.05, 3.63) is 29.3 Å². The maximum absolute atomic E-state index is 10.6. The summed E-state index contributed by atoms with van der Waals surface area (Å²) in [5, 5.41) is 17.2. The van der Waals surface area contributed by atoms with Crippen molar-refractivity contribution in [2.24, 2.45) is 0 Å². The van der Waals surface area contributed by atoms with Gasteiger partial charge in [0.1, 0.15) is 0 Å². The Hall–Kier alpha value is -0.730. The molecule has 2 N–H and O–H groups in total. The molecule has 0 aliphatic heterocycles. The summed E-state index contributed by atoms with van der Waals surface area (Å²) in [6.45, 7) is 0. The number of benzene rings is 1. The van der Waals surface area contributed by atoms with Crippen molar-refractivity contribution in [2.45, 2.75) is 4.90 Å². The van der Waals surface area contributed by atoms with Crippen LogP contribution in [0, 0.1) is 0 Å². The number of aromatic carboxylic acids is 2. The summed E-state index contributed by atoms with van der Waals surface area (Å²) in [4.78, 5) is 20.7. The molecule has 0 aliphatic rings. The van der Waals surface area contributed by atoms with Crippen LogP contribution in [-0.4, -0.2) is 30.9 Å². The van der Waals surface area contributed by atoms with Gasteiger partial charge in [-0.3, -0.25) is 4.21 Å². The molecule has 0 radical (unpaired) electrons. The van der Waals surface area contributed by atoms with Gasteiger partial charge in [-0.25, -0.2) is 9.59 Å². The molecule has 16 heavy (non-hydrogen) atoms. The predicted octanol–water partition coefficient (Wildman–Crippen LogP) is -2.56. The van der Waals surface area contributed by atoms with E-state index in [0.717, 1.165) is 18.2 Å². The van der Waals surface area contributed by atoms with Crippen LogP contribution < -0.4 is 29.6 Å². The summed E-state index contributed by atoms with van der Waals surface area (Å²) in [5.41, 5.74) is -0.761. The summed E-state index contributed by atoms with van der Waals surface area (Å²) in [5.74, 6) is -2.77. The van der Waals surface area contributed by atoms with E-state index in [1.807, 2.05) is 0 Å². The maximum Gasteiger partial charge on any atom is 1.00 e. The number of rotatable bonds is 3. The second-order valence-electron chi connectivity index (χ2n) is 2.59. The molecular formula is C8H6NaO6S-. The number of carboxylic acid groups (broad SMARTS) is 2. The Bertz CT molecular complexity index is 384. The largest absolute Gasteiger partial charge is 1.00 e. The van der Waals surface area contributed by atoms with Crippen molar-refractivity contribution < 1.29 is 59.5 Å². The molecule has 0 saturated heterocycles. The van der Waals surface area contributed by atoms with E-state index in [-0.39, 0.29) is 47.0 Å². The van der Waals surface area contributed by atoms with Gasteiger partial charge >= 0.3 is 41.5 Å². The smallest absolute Gasteiger partial charge is 1.00 e. The molecule has 0 aliphatic carbocycles. The van der Waals surface area contributed by atoms with Crippen LogP contribution in [-0.2, 0) is 11.1 Å². The zero-order chi connectivity index (χ0) is 11.6. The average molecular weight is 253 g/mol. The molecule has 0 saturated carbocycles. The van der Waals surface area contributed by atoms with Gasteiger partial charge in [-0.15, -0.1) is 0 Å². The van der Waals surface area contributed by atoms with E-state index in [2.05, 4.69) is 0 Å². The van der Waals surface area contributed by atoms with Crippen LogP contribution in [0.25, 0.3) is 0 Å². The quantitative estimate of drug-likeness (QED) is 0.452. The third-order valence-corrected chi connectivity index (χ3v) is 2.21. The van der Waals surface area contributed by atoms with Crippen molar-refractivity contribution in [3.8, 4) is 0 Å². The Morgan fingerprint density at radius 1 is 1.12 bits per heavy atom. The molecule has 0 bridgehead atoms. The Labute approximate surface area is 116 Å². The van der Waals surface area contributed by atoms with Gasteiger partial charge in [-0.05, 0) is 29.3 Å². The third kappa shape index (κ3) is 3.69. The zero-order valence-electron chi connectivity index (χ0n) is 9.17. The first-order valence-electron chi connectivity index (χ1n) is 3.62. The fourth-order valence-electron chi connectivity index (χ4n) is 0.942. The van der Waals surface area contributed by atoms with E-state index in [4.69, 9.17) is 10.2 Å². The molecule has 0 amide bonds. The zero-order valence-corrected chi connectivity index (χ0v) is 11.0. The molecule has 0 heterocycles. The fourth-order valence-corrected chi connectivity index (χ4v) is 1.39. The van der Waals surface area contributed by atoms with E-state index < -0.39 is 23.0 Å². The minimum absolute atomic E-state index is 0. The molecule has 8 heteroatoms. The normalized spacial score (nSPS) is 11.3. The molecule has 1 atom stereocenters. The Morgan fingerprint density at radius 3 is 1.75 bits per heavy atom. The van der Waals surface area contributed by atoms with Gasteiger partial charge in [-0.1, -0.05) is 0 Å². The third-order valence-electron chi connectivity index (χ3n) is 1.59. The van der Waals surface area contributed by atoms with Gasteiger partial charge in [0.25, 0.3) is 0 Å². The summed E-state index contributed by atoms with van der Waals surface area (Å²) < 4.78 is 21.1. The molecule has 82 valence electrons. The maximum atomic E-state index is 10.6. The standard InChI is InChI=1S/C8H6O6S.Na.H/c9-7(10)4-1-5(8(11)12)3-6(2-4)15(13)14;;/h1-3H,(H,9,10)(H,11,12)(H,13,14);;/q;+1;-1/p-1. The number of hydrogen-bond acceptors (Lipinski definition) is 4. The predicted molar refractivity (Wildman–Crippen MR) is 48.7 cm³/mol. The molecular weight excluding hydrogens is 247 g/mol. The SMILES string of the molecule is O=C(O)c1cc(C(=O)O)cc(S(=O)[O-])c1.[H-].[Na+].